The van der Waals surface area contributed by atoms with Crippen molar-refractivity contribution in [2.24, 2.45) is 11.8 Å². The first-order valence-corrected chi connectivity index (χ1v) is 10.4. The smallest absolute Gasteiger partial charge is 0.223 e. The molecule has 0 aromatic carbocycles. The number of piperidine rings is 1. The molecule has 1 amide bonds. The molecule has 3 atom stereocenters. The van der Waals surface area contributed by atoms with Crippen molar-refractivity contribution in [3.05, 3.63) is 22.4 Å². The van der Waals surface area contributed by atoms with Crippen LogP contribution >= 0.6 is 11.3 Å². The lowest BCUT2D eigenvalue weighted by molar-refractivity contribution is -0.142. The number of amides is 1. The Bertz CT molecular complexity index is 542. The quantitative estimate of drug-likeness (QED) is 0.909. The second-order valence-corrected chi connectivity index (χ2v) is 8.39. The summed E-state index contributed by atoms with van der Waals surface area (Å²) < 4.78 is 6.01. The Balaban J connectivity index is 1.39. The predicted molar refractivity (Wildman–Crippen MR) is 95.9 cm³/mol. The van der Waals surface area contributed by atoms with E-state index in [1.165, 1.54) is 18.4 Å². The monoisotopic (exact) mass is 348 g/mol. The molecule has 3 heterocycles. The van der Waals surface area contributed by atoms with E-state index in [4.69, 9.17) is 4.74 Å². The zero-order valence-electron chi connectivity index (χ0n) is 14.3. The lowest BCUT2D eigenvalue weighted by Gasteiger charge is -2.44. The normalized spacial score (nSPS) is 31.8. The van der Waals surface area contributed by atoms with Crippen molar-refractivity contribution in [2.45, 2.75) is 57.2 Å². The highest BCUT2D eigenvalue weighted by atomic mass is 32.1. The van der Waals surface area contributed by atoms with Gasteiger partial charge >= 0.3 is 0 Å². The third-order valence-electron chi connectivity index (χ3n) is 5.98. The summed E-state index contributed by atoms with van der Waals surface area (Å²) in [4.78, 5) is 15.4. The zero-order valence-corrected chi connectivity index (χ0v) is 15.1. The maximum Gasteiger partial charge on any atom is 0.223 e. The first-order chi connectivity index (χ1) is 11.8. The Kier molecular flexibility index (Phi) is 5.20. The van der Waals surface area contributed by atoms with Crippen LogP contribution in [0.2, 0.25) is 0 Å². The van der Waals surface area contributed by atoms with Crippen molar-refractivity contribution in [2.75, 3.05) is 19.7 Å². The van der Waals surface area contributed by atoms with Crippen LogP contribution in [0.25, 0.3) is 0 Å². The molecule has 2 aliphatic heterocycles. The van der Waals surface area contributed by atoms with Gasteiger partial charge in [0.05, 0.1) is 6.10 Å². The largest absolute Gasteiger partial charge is 0.378 e. The fourth-order valence-corrected chi connectivity index (χ4v) is 5.33. The van der Waals surface area contributed by atoms with Gasteiger partial charge in [0.2, 0.25) is 5.91 Å². The summed E-state index contributed by atoms with van der Waals surface area (Å²) in [6, 6.07) is 2.63. The van der Waals surface area contributed by atoms with E-state index >= 15 is 0 Å². The molecule has 5 heteroatoms. The molecule has 4 rings (SSSR count). The number of likely N-dealkylation sites (tertiary alicyclic amines) is 1. The van der Waals surface area contributed by atoms with Crippen LogP contribution in [-0.4, -0.2) is 42.6 Å². The summed E-state index contributed by atoms with van der Waals surface area (Å²) in [6.45, 7) is 3.81. The van der Waals surface area contributed by atoms with Crippen LogP contribution in [0.15, 0.2) is 16.8 Å². The standard InChI is InChI=1S/C19H28N2O2S/c22-19(20-15-3-1-2-4-15)16-6-9-23-18-5-8-21(12-17(16)18)11-14-7-10-24-13-14/h7,10,13,15-18H,1-6,8-9,11-12H2,(H,20,22)/t16-,17+,18-/m0/s1. The maximum atomic E-state index is 12.8. The number of carbonyl (C=O) groups is 1. The highest BCUT2D eigenvalue weighted by Crippen LogP contribution is 2.34. The van der Waals surface area contributed by atoms with Gasteiger partial charge in [-0.3, -0.25) is 9.69 Å². The van der Waals surface area contributed by atoms with E-state index in [1.54, 1.807) is 11.3 Å². The summed E-state index contributed by atoms with van der Waals surface area (Å²) >= 11 is 1.76. The molecule has 0 unspecified atom stereocenters. The van der Waals surface area contributed by atoms with Gasteiger partial charge in [-0.1, -0.05) is 12.8 Å². The molecule has 1 saturated carbocycles. The summed E-state index contributed by atoms with van der Waals surface area (Å²) in [5.41, 5.74) is 1.39. The molecule has 2 saturated heterocycles. The Morgan fingerprint density at radius 3 is 2.96 bits per heavy atom. The predicted octanol–water partition coefficient (Wildman–Crippen LogP) is 3.03. The molecule has 24 heavy (non-hydrogen) atoms. The first kappa shape index (κ1) is 16.6. The summed E-state index contributed by atoms with van der Waals surface area (Å²) in [6.07, 6.45) is 7.06. The number of nitrogens with one attached hydrogen (secondary N) is 1. The summed E-state index contributed by atoms with van der Waals surface area (Å²) in [5, 5.41) is 7.70. The van der Waals surface area contributed by atoms with E-state index < -0.39 is 0 Å². The minimum Gasteiger partial charge on any atom is -0.378 e. The molecule has 0 spiro atoms. The molecule has 1 N–H and O–H groups in total. The molecule has 1 aromatic heterocycles. The van der Waals surface area contributed by atoms with Gasteiger partial charge in [0.1, 0.15) is 0 Å². The molecule has 3 fully saturated rings. The number of ether oxygens (including phenoxy) is 1. The molecule has 0 bridgehead atoms. The van der Waals surface area contributed by atoms with Gasteiger partial charge in [-0.05, 0) is 48.1 Å². The second kappa shape index (κ2) is 7.54. The van der Waals surface area contributed by atoms with Gasteiger partial charge in [-0.2, -0.15) is 11.3 Å². The van der Waals surface area contributed by atoms with Crippen LogP contribution in [0, 0.1) is 11.8 Å². The Morgan fingerprint density at radius 1 is 1.29 bits per heavy atom. The van der Waals surface area contributed by atoms with E-state index in [0.29, 0.717) is 12.0 Å². The fourth-order valence-electron chi connectivity index (χ4n) is 4.67. The molecule has 132 valence electrons. The number of carbonyl (C=O) groups excluding carboxylic acids is 1. The third-order valence-corrected chi connectivity index (χ3v) is 6.71. The van der Waals surface area contributed by atoms with E-state index in [9.17, 15) is 4.79 Å². The number of hydrogen-bond acceptors (Lipinski definition) is 4. The zero-order chi connectivity index (χ0) is 16.4. The molecule has 3 aliphatic rings. The average molecular weight is 349 g/mol. The van der Waals surface area contributed by atoms with Gasteiger partial charge in [-0.15, -0.1) is 0 Å². The van der Waals surface area contributed by atoms with Crippen LogP contribution in [-0.2, 0) is 16.1 Å². The summed E-state index contributed by atoms with van der Waals surface area (Å²) in [5.74, 6) is 0.778. The van der Waals surface area contributed by atoms with Crippen molar-refractivity contribution < 1.29 is 9.53 Å². The molecule has 1 aromatic rings. The van der Waals surface area contributed by atoms with E-state index in [1.807, 2.05) is 0 Å². The third kappa shape index (κ3) is 3.68. The van der Waals surface area contributed by atoms with Gasteiger partial charge in [-0.25, -0.2) is 0 Å². The topological polar surface area (TPSA) is 41.6 Å². The number of thiophene rings is 1. The first-order valence-electron chi connectivity index (χ1n) is 9.45. The number of fused-ring (bicyclic) bond motifs is 1. The highest BCUT2D eigenvalue weighted by Gasteiger charge is 2.42. The highest BCUT2D eigenvalue weighted by molar-refractivity contribution is 7.07. The lowest BCUT2D eigenvalue weighted by Crippen LogP contribution is -2.53. The van der Waals surface area contributed by atoms with Crippen LogP contribution in [0.5, 0.6) is 0 Å². The van der Waals surface area contributed by atoms with Crippen LogP contribution in [0.4, 0.5) is 0 Å². The molecular weight excluding hydrogens is 320 g/mol. The fraction of sp³-hybridized carbons (Fsp3) is 0.737. The minimum atomic E-state index is 0.134. The van der Waals surface area contributed by atoms with Crippen LogP contribution in [0.1, 0.15) is 44.1 Å². The van der Waals surface area contributed by atoms with Gasteiger partial charge in [0.15, 0.2) is 0 Å². The van der Waals surface area contributed by atoms with Crippen LogP contribution < -0.4 is 5.32 Å². The SMILES string of the molecule is O=C(NC1CCCC1)[C@H]1CCO[C@H]2CCN(Cc3ccsc3)C[C@@H]21. The molecular formula is C19H28N2O2S. The van der Waals surface area contributed by atoms with Gasteiger partial charge in [0, 0.05) is 44.1 Å². The lowest BCUT2D eigenvalue weighted by atomic mass is 9.78. The van der Waals surface area contributed by atoms with E-state index in [0.717, 1.165) is 51.9 Å². The van der Waals surface area contributed by atoms with Crippen molar-refractivity contribution in [1.82, 2.24) is 10.2 Å². The van der Waals surface area contributed by atoms with Crippen molar-refractivity contribution in [1.29, 1.82) is 0 Å². The maximum absolute atomic E-state index is 12.8. The summed E-state index contributed by atoms with van der Waals surface area (Å²) in [7, 11) is 0. The molecule has 1 aliphatic carbocycles. The Morgan fingerprint density at radius 2 is 2.17 bits per heavy atom. The number of rotatable bonds is 4. The minimum absolute atomic E-state index is 0.134. The van der Waals surface area contributed by atoms with E-state index in [-0.39, 0.29) is 17.9 Å². The average Bonchev–Trinajstić information content (AvgIpc) is 3.28. The Labute approximate surface area is 148 Å². The van der Waals surface area contributed by atoms with Gasteiger partial charge < -0.3 is 10.1 Å². The second-order valence-electron chi connectivity index (χ2n) is 7.61. The molecule has 4 nitrogen and oxygen atoms in total. The number of nitrogens with zero attached hydrogens (tertiary/aromatic N) is 1. The Hall–Kier alpha value is -0.910. The van der Waals surface area contributed by atoms with Crippen molar-refractivity contribution >= 4 is 17.2 Å². The van der Waals surface area contributed by atoms with Crippen LogP contribution in [0.3, 0.4) is 0 Å². The van der Waals surface area contributed by atoms with E-state index in [2.05, 4.69) is 27.0 Å². The molecule has 0 radical (unpaired) electrons. The van der Waals surface area contributed by atoms with Crippen molar-refractivity contribution in [3.63, 3.8) is 0 Å². The van der Waals surface area contributed by atoms with Gasteiger partial charge in [0.25, 0.3) is 0 Å². The number of hydrogen-bond donors (Lipinski definition) is 1. The van der Waals surface area contributed by atoms with Crippen molar-refractivity contribution in [3.8, 4) is 0 Å².